The molecule has 1 aromatic heterocycles. The van der Waals surface area contributed by atoms with Crippen molar-refractivity contribution in [1.82, 2.24) is 10.3 Å². The summed E-state index contributed by atoms with van der Waals surface area (Å²) in [5.41, 5.74) is 7.05. The quantitative estimate of drug-likeness (QED) is 0.606. The second kappa shape index (κ2) is 4.46. The number of pyridine rings is 1. The molecule has 0 bridgehead atoms. The van der Waals surface area contributed by atoms with Crippen LogP contribution in [0.4, 0.5) is 0 Å². The number of carbonyl (C=O) groups is 1. The van der Waals surface area contributed by atoms with E-state index in [2.05, 4.69) is 10.3 Å². The second-order valence-corrected chi connectivity index (χ2v) is 2.32. The Hall–Kier alpha value is -1.42. The fraction of sp³-hybridized carbons (Fsp3) is 0.250. The van der Waals surface area contributed by atoms with E-state index in [1.54, 1.807) is 0 Å². The number of nitrogens with two attached hydrogens (primary N) is 1. The summed E-state index contributed by atoms with van der Waals surface area (Å²) in [6.45, 7) is 0.881. The molecule has 0 atom stereocenters. The predicted octanol–water partition coefficient (Wildman–Crippen LogP) is -0.214. The van der Waals surface area contributed by atoms with Crippen LogP contribution in [0.3, 0.4) is 0 Å². The van der Waals surface area contributed by atoms with E-state index in [0.717, 1.165) is 11.4 Å². The van der Waals surface area contributed by atoms with E-state index in [4.69, 9.17) is 5.73 Å². The fourth-order valence-corrected chi connectivity index (χ4v) is 0.888. The molecular weight excluding hydrogens is 154 g/mol. The first kappa shape index (κ1) is 8.67. The van der Waals surface area contributed by atoms with Crippen LogP contribution in [-0.2, 0) is 17.9 Å². The van der Waals surface area contributed by atoms with Crippen molar-refractivity contribution in [2.75, 3.05) is 0 Å². The minimum absolute atomic E-state index is 0.426. The number of aromatic nitrogens is 1. The Morgan fingerprint density at radius 2 is 2.25 bits per heavy atom. The molecule has 0 aliphatic carbocycles. The number of amides is 1. The Kier molecular flexibility index (Phi) is 3.22. The van der Waals surface area contributed by atoms with Crippen LogP contribution < -0.4 is 11.1 Å². The average molecular weight is 165 g/mol. The van der Waals surface area contributed by atoms with Gasteiger partial charge in [0.1, 0.15) is 0 Å². The lowest BCUT2D eigenvalue weighted by molar-refractivity contribution is -0.109. The van der Waals surface area contributed by atoms with Gasteiger partial charge in [-0.1, -0.05) is 6.07 Å². The van der Waals surface area contributed by atoms with Crippen molar-refractivity contribution in [2.45, 2.75) is 13.1 Å². The topological polar surface area (TPSA) is 68.0 Å². The molecule has 0 saturated heterocycles. The van der Waals surface area contributed by atoms with Gasteiger partial charge in [0.25, 0.3) is 0 Å². The van der Waals surface area contributed by atoms with Gasteiger partial charge >= 0.3 is 0 Å². The summed E-state index contributed by atoms with van der Waals surface area (Å²) < 4.78 is 0. The molecular formula is C8H11N3O. The standard InChI is InChI=1S/C8H11N3O/c9-4-7-2-1-3-8(11-7)5-10-6-12/h1-3,6H,4-5,9H2,(H,10,12). The summed E-state index contributed by atoms with van der Waals surface area (Å²) >= 11 is 0. The van der Waals surface area contributed by atoms with Gasteiger partial charge in [-0.2, -0.15) is 0 Å². The molecule has 64 valence electrons. The highest BCUT2D eigenvalue weighted by atomic mass is 16.1. The van der Waals surface area contributed by atoms with Crippen molar-refractivity contribution in [2.24, 2.45) is 5.73 Å². The van der Waals surface area contributed by atoms with E-state index < -0.39 is 0 Å². The highest BCUT2D eigenvalue weighted by Crippen LogP contribution is 1.97. The number of carbonyl (C=O) groups excluding carboxylic acids is 1. The summed E-state index contributed by atoms with van der Waals surface area (Å²) in [6, 6.07) is 5.57. The van der Waals surface area contributed by atoms with Crippen molar-refractivity contribution in [1.29, 1.82) is 0 Å². The van der Waals surface area contributed by atoms with Gasteiger partial charge in [-0.3, -0.25) is 9.78 Å². The zero-order valence-corrected chi connectivity index (χ0v) is 6.66. The summed E-state index contributed by atoms with van der Waals surface area (Å²) in [5, 5.41) is 2.53. The first-order valence-electron chi connectivity index (χ1n) is 3.68. The molecule has 0 aliphatic heterocycles. The summed E-state index contributed by atoms with van der Waals surface area (Å²) in [5.74, 6) is 0. The van der Waals surface area contributed by atoms with Gasteiger partial charge in [-0.25, -0.2) is 0 Å². The number of nitrogens with zero attached hydrogens (tertiary/aromatic N) is 1. The second-order valence-electron chi connectivity index (χ2n) is 2.32. The third-order valence-corrected chi connectivity index (χ3v) is 1.44. The number of nitrogens with one attached hydrogen (secondary N) is 1. The number of hydrogen-bond donors (Lipinski definition) is 2. The molecule has 4 nitrogen and oxygen atoms in total. The Bertz CT molecular complexity index is 262. The van der Waals surface area contributed by atoms with E-state index in [1.165, 1.54) is 0 Å². The smallest absolute Gasteiger partial charge is 0.207 e. The highest BCUT2D eigenvalue weighted by molar-refractivity contribution is 5.45. The maximum atomic E-state index is 9.97. The summed E-state index contributed by atoms with van der Waals surface area (Å²) in [6.07, 6.45) is 0.650. The third kappa shape index (κ3) is 2.32. The Labute approximate surface area is 70.8 Å². The molecule has 1 aromatic rings. The van der Waals surface area contributed by atoms with Crippen molar-refractivity contribution in [3.63, 3.8) is 0 Å². The van der Waals surface area contributed by atoms with E-state index in [1.807, 2.05) is 18.2 Å². The molecule has 0 fully saturated rings. The van der Waals surface area contributed by atoms with Crippen LogP contribution in [0.15, 0.2) is 18.2 Å². The largest absolute Gasteiger partial charge is 0.353 e. The van der Waals surface area contributed by atoms with Crippen molar-refractivity contribution in [3.8, 4) is 0 Å². The Morgan fingerprint density at radius 1 is 1.50 bits per heavy atom. The molecule has 3 N–H and O–H groups in total. The van der Waals surface area contributed by atoms with Gasteiger partial charge in [-0.05, 0) is 12.1 Å². The molecule has 12 heavy (non-hydrogen) atoms. The molecule has 4 heteroatoms. The maximum absolute atomic E-state index is 9.97. The Morgan fingerprint density at radius 3 is 2.92 bits per heavy atom. The van der Waals surface area contributed by atoms with Crippen molar-refractivity contribution in [3.05, 3.63) is 29.6 Å². The minimum atomic E-state index is 0.426. The van der Waals surface area contributed by atoms with Gasteiger partial charge in [-0.15, -0.1) is 0 Å². The first-order chi connectivity index (χ1) is 5.86. The highest BCUT2D eigenvalue weighted by Gasteiger charge is 1.94. The minimum Gasteiger partial charge on any atom is -0.353 e. The molecule has 1 rings (SSSR count). The van der Waals surface area contributed by atoms with Gasteiger partial charge in [0.05, 0.1) is 17.9 Å². The molecule has 0 radical (unpaired) electrons. The maximum Gasteiger partial charge on any atom is 0.207 e. The van der Waals surface area contributed by atoms with Crippen LogP contribution in [0, 0.1) is 0 Å². The predicted molar refractivity (Wildman–Crippen MR) is 45.0 cm³/mol. The van der Waals surface area contributed by atoms with Crippen LogP contribution in [0.1, 0.15) is 11.4 Å². The van der Waals surface area contributed by atoms with Crippen molar-refractivity contribution < 1.29 is 4.79 Å². The average Bonchev–Trinajstić information content (AvgIpc) is 2.15. The molecule has 1 heterocycles. The monoisotopic (exact) mass is 165 g/mol. The van der Waals surface area contributed by atoms with Crippen LogP contribution in [0.5, 0.6) is 0 Å². The van der Waals surface area contributed by atoms with Crippen LogP contribution in [0.2, 0.25) is 0 Å². The summed E-state index contributed by atoms with van der Waals surface area (Å²) in [7, 11) is 0. The van der Waals surface area contributed by atoms with Gasteiger partial charge in [0.2, 0.25) is 6.41 Å². The molecule has 0 unspecified atom stereocenters. The van der Waals surface area contributed by atoms with E-state index in [-0.39, 0.29) is 0 Å². The first-order valence-corrected chi connectivity index (χ1v) is 3.68. The van der Waals surface area contributed by atoms with Gasteiger partial charge in [0.15, 0.2) is 0 Å². The third-order valence-electron chi connectivity index (χ3n) is 1.44. The van der Waals surface area contributed by atoms with Crippen LogP contribution in [-0.4, -0.2) is 11.4 Å². The zero-order valence-electron chi connectivity index (χ0n) is 6.66. The SMILES string of the molecule is NCc1cccc(CNC=O)n1. The molecule has 0 spiro atoms. The zero-order chi connectivity index (χ0) is 8.81. The lowest BCUT2D eigenvalue weighted by Crippen LogP contribution is -2.12. The number of rotatable bonds is 4. The fourth-order valence-electron chi connectivity index (χ4n) is 0.888. The van der Waals surface area contributed by atoms with Gasteiger partial charge < -0.3 is 11.1 Å². The lowest BCUT2D eigenvalue weighted by Gasteiger charge is -2.00. The van der Waals surface area contributed by atoms with Gasteiger partial charge in [0, 0.05) is 6.54 Å². The van der Waals surface area contributed by atoms with Crippen LogP contribution >= 0.6 is 0 Å². The van der Waals surface area contributed by atoms with Crippen LogP contribution in [0.25, 0.3) is 0 Å². The number of hydrogen-bond acceptors (Lipinski definition) is 3. The normalized spacial score (nSPS) is 9.42. The van der Waals surface area contributed by atoms with Crippen molar-refractivity contribution >= 4 is 6.41 Å². The van der Waals surface area contributed by atoms with E-state index in [0.29, 0.717) is 19.5 Å². The van der Waals surface area contributed by atoms with E-state index >= 15 is 0 Å². The van der Waals surface area contributed by atoms with E-state index in [9.17, 15) is 4.79 Å². The summed E-state index contributed by atoms with van der Waals surface area (Å²) in [4.78, 5) is 14.2. The molecule has 0 aliphatic rings. The molecule has 1 amide bonds. The molecule has 0 saturated carbocycles. The molecule has 0 aromatic carbocycles. The lowest BCUT2D eigenvalue weighted by atomic mass is 10.3. The Balaban J connectivity index is 2.65.